The van der Waals surface area contributed by atoms with Crippen molar-refractivity contribution in [2.75, 3.05) is 24.7 Å². The summed E-state index contributed by atoms with van der Waals surface area (Å²) in [6.45, 7) is 1.47. The molecule has 136 valence electrons. The molecule has 4 heteroatoms. The van der Waals surface area contributed by atoms with Crippen LogP contribution in [0.1, 0.15) is 44.9 Å². The van der Waals surface area contributed by atoms with Gasteiger partial charge in [-0.05, 0) is 37.1 Å². The molecular formula is C21H30N2O2. The smallest absolute Gasteiger partial charge is 0.142 e. The van der Waals surface area contributed by atoms with Crippen molar-refractivity contribution in [1.82, 2.24) is 0 Å². The predicted molar refractivity (Wildman–Crippen MR) is 105 cm³/mol. The second-order valence-corrected chi connectivity index (χ2v) is 6.25. The van der Waals surface area contributed by atoms with Crippen LogP contribution in [0.2, 0.25) is 0 Å². The molecule has 0 saturated carbocycles. The van der Waals surface area contributed by atoms with E-state index in [0.29, 0.717) is 11.4 Å². The van der Waals surface area contributed by atoms with Crippen LogP contribution in [0.25, 0.3) is 0 Å². The molecule has 2 aromatic rings. The summed E-state index contributed by atoms with van der Waals surface area (Å²) in [6, 6.07) is 15.3. The molecule has 0 bridgehead atoms. The summed E-state index contributed by atoms with van der Waals surface area (Å²) in [7, 11) is 0. The Morgan fingerprint density at radius 1 is 0.520 bits per heavy atom. The topological polar surface area (TPSA) is 70.5 Å². The Labute approximate surface area is 151 Å². The van der Waals surface area contributed by atoms with E-state index in [-0.39, 0.29) is 0 Å². The summed E-state index contributed by atoms with van der Waals surface area (Å²) in [6.07, 6.45) is 8.31. The molecule has 0 amide bonds. The van der Waals surface area contributed by atoms with Gasteiger partial charge in [-0.15, -0.1) is 0 Å². The van der Waals surface area contributed by atoms with Gasteiger partial charge in [-0.2, -0.15) is 0 Å². The van der Waals surface area contributed by atoms with E-state index in [2.05, 4.69) is 0 Å². The van der Waals surface area contributed by atoms with Gasteiger partial charge in [0.25, 0.3) is 0 Å². The van der Waals surface area contributed by atoms with Gasteiger partial charge in [0.15, 0.2) is 0 Å². The van der Waals surface area contributed by atoms with Gasteiger partial charge in [0.1, 0.15) is 11.5 Å². The van der Waals surface area contributed by atoms with Gasteiger partial charge < -0.3 is 20.9 Å². The summed E-state index contributed by atoms with van der Waals surface area (Å²) in [5.41, 5.74) is 13.1. The van der Waals surface area contributed by atoms with Crippen LogP contribution in [0.15, 0.2) is 48.5 Å². The molecule has 0 fully saturated rings. The Morgan fingerprint density at radius 2 is 0.880 bits per heavy atom. The molecule has 0 heterocycles. The first-order valence-corrected chi connectivity index (χ1v) is 9.22. The van der Waals surface area contributed by atoms with Crippen LogP contribution in [0.3, 0.4) is 0 Å². The Hall–Kier alpha value is -2.36. The number of nitrogens with two attached hydrogens (primary N) is 2. The van der Waals surface area contributed by atoms with E-state index < -0.39 is 0 Å². The number of benzene rings is 2. The first kappa shape index (κ1) is 19.0. The van der Waals surface area contributed by atoms with Crippen LogP contribution >= 0.6 is 0 Å². The lowest BCUT2D eigenvalue weighted by Crippen LogP contribution is -2.00. The van der Waals surface area contributed by atoms with Crippen LogP contribution in [0.5, 0.6) is 11.5 Å². The number of unbranched alkanes of at least 4 members (excludes halogenated alkanes) is 6. The van der Waals surface area contributed by atoms with E-state index in [9.17, 15) is 0 Å². The molecule has 2 rings (SSSR count). The molecule has 0 aromatic heterocycles. The Balaban J connectivity index is 1.40. The molecule has 0 aliphatic heterocycles. The Kier molecular flexibility index (Phi) is 8.53. The lowest BCUT2D eigenvalue weighted by molar-refractivity contribution is 0.301. The highest BCUT2D eigenvalue weighted by molar-refractivity contribution is 5.52. The van der Waals surface area contributed by atoms with Crippen molar-refractivity contribution >= 4 is 11.4 Å². The van der Waals surface area contributed by atoms with Crippen LogP contribution in [-0.4, -0.2) is 13.2 Å². The number of para-hydroxylation sites is 4. The standard InChI is InChI=1S/C21H30N2O2/c22-18-12-6-8-14-20(18)24-16-10-4-2-1-3-5-11-17-25-21-15-9-7-13-19(21)23/h6-9,12-15H,1-5,10-11,16-17,22-23H2. The lowest BCUT2D eigenvalue weighted by atomic mass is 10.1. The normalized spacial score (nSPS) is 10.6. The number of hydrogen-bond donors (Lipinski definition) is 2. The fraction of sp³-hybridized carbons (Fsp3) is 0.429. The minimum Gasteiger partial charge on any atom is -0.491 e. The molecule has 0 spiro atoms. The van der Waals surface area contributed by atoms with Gasteiger partial charge in [0.05, 0.1) is 24.6 Å². The zero-order valence-electron chi connectivity index (χ0n) is 15.0. The highest BCUT2D eigenvalue weighted by Gasteiger charge is 1.99. The predicted octanol–water partition coefficient (Wildman–Crippen LogP) is 5.04. The third-order valence-electron chi connectivity index (χ3n) is 4.14. The molecule has 2 aromatic carbocycles. The van der Waals surface area contributed by atoms with Gasteiger partial charge in [-0.3, -0.25) is 0 Å². The van der Waals surface area contributed by atoms with Crippen LogP contribution in [0.4, 0.5) is 11.4 Å². The van der Waals surface area contributed by atoms with Crippen LogP contribution in [-0.2, 0) is 0 Å². The van der Waals surface area contributed by atoms with Crippen molar-refractivity contribution in [3.8, 4) is 11.5 Å². The Bertz CT molecular complexity index is 563. The first-order chi connectivity index (χ1) is 12.3. The Morgan fingerprint density at radius 3 is 1.28 bits per heavy atom. The lowest BCUT2D eigenvalue weighted by Gasteiger charge is -2.09. The van der Waals surface area contributed by atoms with E-state index in [1.165, 1.54) is 32.1 Å². The molecule has 25 heavy (non-hydrogen) atoms. The third kappa shape index (κ3) is 7.38. The summed E-state index contributed by atoms with van der Waals surface area (Å²) in [5, 5.41) is 0. The average Bonchev–Trinajstić information content (AvgIpc) is 2.62. The van der Waals surface area contributed by atoms with Crippen LogP contribution < -0.4 is 20.9 Å². The molecule has 4 N–H and O–H groups in total. The van der Waals surface area contributed by atoms with E-state index >= 15 is 0 Å². The maximum Gasteiger partial charge on any atom is 0.142 e. The average molecular weight is 342 g/mol. The number of rotatable bonds is 12. The molecule has 0 saturated heterocycles. The largest absolute Gasteiger partial charge is 0.491 e. The molecule has 4 nitrogen and oxygen atoms in total. The highest BCUT2D eigenvalue weighted by atomic mass is 16.5. The summed E-state index contributed by atoms with van der Waals surface area (Å²) >= 11 is 0. The first-order valence-electron chi connectivity index (χ1n) is 9.22. The fourth-order valence-electron chi connectivity index (χ4n) is 2.68. The molecule has 0 aliphatic rings. The molecule has 0 unspecified atom stereocenters. The minimum atomic E-state index is 0.710. The second-order valence-electron chi connectivity index (χ2n) is 6.25. The number of hydrogen-bond acceptors (Lipinski definition) is 4. The SMILES string of the molecule is Nc1ccccc1OCCCCCCCCCOc1ccccc1N. The van der Waals surface area contributed by atoms with Crippen molar-refractivity contribution < 1.29 is 9.47 Å². The molecular weight excluding hydrogens is 312 g/mol. The zero-order chi connectivity index (χ0) is 17.7. The third-order valence-corrected chi connectivity index (χ3v) is 4.14. The second kappa shape index (κ2) is 11.2. The van der Waals surface area contributed by atoms with Crippen molar-refractivity contribution in [2.45, 2.75) is 44.9 Å². The summed E-state index contributed by atoms with van der Waals surface area (Å²) < 4.78 is 11.4. The summed E-state index contributed by atoms with van der Waals surface area (Å²) in [4.78, 5) is 0. The van der Waals surface area contributed by atoms with Gasteiger partial charge in [0, 0.05) is 0 Å². The molecule has 0 radical (unpaired) electrons. The quantitative estimate of drug-likeness (QED) is 0.419. The van der Waals surface area contributed by atoms with Crippen molar-refractivity contribution in [3.63, 3.8) is 0 Å². The highest BCUT2D eigenvalue weighted by Crippen LogP contribution is 2.21. The maximum absolute atomic E-state index is 5.84. The number of ether oxygens (including phenoxy) is 2. The van der Waals surface area contributed by atoms with E-state index in [4.69, 9.17) is 20.9 Å². The monoisotopic (exact) mass is 342 g/mol. The summed E-state index contributed by atoms with van der Waals surface area (Å²) in [5.74, 6) is 1.59. The van der Waals surface area contributed by atoms with Gasteiger partial charge >= 0.3 is 0 Å². The molecule has 0 atom stereocenters. The van der Waals surface area contributed by atoms with Crippen LogP contribution in [0, 0.1) is 0 Å². The number of nitrogen functional groups attached to an aromatic ring is 2. The molecule has 0 aliphatic carbocycles. The van der Waals surface area contributed by atoms with E-state index in [1.807, 2.05) is 48.5 Å². The van der Waals surface area contributed by atoms with E-state index in [1.54, 1.807) is 0 Å². The van der Waals surface area contributed by atoms with E-state index in [0.717, 1.165) is 37.6 Å². The van der Waals surface area contributed by atoms with Crippen molar-refractivity contribution in [1.29, 1.82) is 0 Å². The van der Waals surface area contributed by atoms with Gasteiger partial charge in [0.2, 0.25) is 0 Å². The van der Waals surface area contributed by atoms with Crippen molar-refractivity contribution in [2.24, 2.45) is 0 Å². The number of anilines is 2. The minimum absolute atomic E-state index is 0.710. The van der Waals surface area contributed by atoms with Gasteiger partial charge in [-0.25, -0.2) is 0 Å². The maximum atomic E-state index is 5.84. The fourth-order valence-corrected chi connectivity index (χ4v) is 2.68. The van der Waals surface area contributed by atoms with Crippen molar-refractivity contribution in [3.05, 3.63) is 48.5 Å². The van der Waals surface area contributed by atoms with Gasteiger partial charge in [-0.1, -0.05) is 56.4 Å². The zero-order valence-corrected chi connectivity index (χ0v) is 15.0.